The predicted molar refractivity (Wildman–Crippen MR) is 115 cm³/mol. The monoisotopic (exact) mass is 412 g/mol. The minimum atomic E-state index is -1.05. The maximum Gasteiger partial charge on any atom is 0.227 e. The molecule has 0 radical (unpaired) electrons. The Bertz CT molecular complexity index is 910. The van der Waals surface area contributed by atoms with Crippen LogP contribution in [0.2, 0.25) is 0 Å². The van der Waals surface area contributed by atoms with Crippen molar-refractivity contribution >= 4 is 22.9 Å². The Hall–Kier alpha value is -1.83. The van der Waals surface area contributed by atoms with E-state index < -0.39 is 11.2 Å². The third-order valence-corrected chi connectivity index (χ3v) is 7.97. The first-order chi connectivity index (χ1) is 14.1. The molecule has 1 atom stereocenters. The van der Waals surface area contributed by atoms with Crippen molar-refractivity contribution < 1.29 is 9.66 Å². The fraction of sp³-hybridized carbons (Fsp3) is 0.545. The maximum absolute atomic E-state index is 12.5. The molecule has 3 aliphatic rings. The molecule has 0 spiro atoms. The Kier molecular flexibility index (Phi) is 4.92. The molecule has 2 aromatic rings. The smallest absolute Gasteiger partial charge is 0.227 e. The summed E-state index contributed by atoms with van der Waals surface area (Å²) in [5, 5.41) is 13.1. The molecule has 5 rings (SSSR count). The van der Waals surface area contributed by atoms with E-state index in [9.17, 15) is 9.66 Å². The first-order valence-electron chi connectivity index (χ1n) is 10.6. The van der Waals surface area contributed by atoms with E-state index in [1.807, 2.05) is 0 Å². The van der Waals surface area contributed by atoms with Gasteiger partial charge in [0.15, 0.2) is 5.82 Å². The Morgan fingerprint density at radius 3 is 2.76 bits per heavy atom. The number of aliphatic hydroxyl groups is 1. The Morgan fingerprint density at radius 1 is 1.28 bits per heavy atom. The molecule has 7 heteroatoms. The normalized spacial score (nSPS) is 23.1. The van der Waals surface area contributed by atoms with Crippen LogP contribution in [-0.4, -0.2) is 50.6 Å². The van der Waals surface area contributed by atoms with Gasteiger partial charge in [0.2, 0.25) is 10.8 Å². The lowest BCUT2D eigenvalue weighted by atomic mass is 9.89. The van der Waals surface area contributed by atoms with Crippen molar-refractivity contribution in [3.8, 4) is 0 Å². The molecule has 2 N–H and O–H groups in total. The molecular formula is C22H28N4O2S. The second-order valence-corrected chi connectivity index (χ2v) is 10.2. The Labute approximate surface area is 174 Å². The highest BCUT2D eigenvalue weighted by molar-refractivity contribution is 7.91. The molecule has 154 valence electrons. The zero-order chi connectivity index (χ0) is 20.0. The van der Waals surface area contributed by atoms with Gasteiger partial charge in [-0.1, -0.05) is 29.8 Å². The van der Waals surface area contributed by atoms with Crippen LogP contribution >= 0.6 is 0 Å². The van der Waals surface area contributed by atoms with E-state index in [1.54, 1.807) is 0 Å². The van der Waals surface area contributed by atoms with Gasteiger partial charge in [0.25, 0.3) is 0 Å². The highest BCUT2D eigenvalue weighted by atomic mass is 32.2. The van der Waals surface area contributed by atoms with Crippen LogP contribution in [0.1, 0.15) is 48.4 Å². The molecule has 1 saturated carbocycles. The molecule has 0 bridgehead atoms. The van der Waals surface area contributed by atoms with E-state index in [-0.39, 0.29) is 12.1 Å². The summed E-state index contributed by atoms with van der Waals surface area (Å²) in [7, 11) is 0. The van der Waals surface area contributed by atoms with E-state index in [0.717, 1.165) is 61.7 Å². The van der Waals surface area contributed by atoms with Gasteiger partial charge < -0.3 is 19.9 Å². The van der Waals surface area contributed by atoms with Crippen LogP contribution in [0.15, 0.2) is 29.2 Å². The topological polar surface area (TPSA) is 84.3 Å². The van der Waals surface area contributed by atoms with Crippen LogP contribution in [0.25, 0.3) is 0 Å². The lowest BCUT2D eigenvalue weighted by molar-refractivity contribution is 0.265. The number of aliphatic hydroxyl groups excluding tert-OH is 1. The van der Waals surface area contributed by atoms with Gasteiger partial charge in [-0.3, -0.25) is 0 Å². The molecule has 2 fully saturated rings. The number of piperidine rings is 1. The summed E-state index contributed by atoms with van der Waals surface area (Å²) in [5.74, 6) is 2.61. The minimum absolute atomic E-state index is 0.0790. The molecule has 0 amide bonds. The molecule has 1 aromatic heterocycles. The fourth-order valence-corrected chi connectivity index (χ4v) is 5.78. The van der Waals surface area contributed by atoms with Crippen LogP contribution < -0.4 is 10.2 Å². The first-order valence-corrected chi connectivity index (χ1v) is 11.9. The van der Waals surface area contributed by atoms with Gasteiger partial charge in [0.1, 0.15) is 11.4 Å². The van der Waals surface area contributed by atoms with Gasteiger partial charge in [0, 0.05) is 19.5 Å². The Morgan fingerprint density at radius 2 is 2.07 bits per heavy atom. The van der Waals surface area contributed by atoms with E-state index in [1.165, 1.54) is 11.1 Å². The molecule has 3 heterocycles. The summed E-state index contributed by atoms with van der Waals surface area (Å²) in [4.78, 5) is 12.6. The predicted octanol–water partition coefficient (Wildman–Crippen LogP) is 2.77. The molecule has 2 aliphatic heterocycles. The van der Waals surface area contributed by atoms with E-state index in [4.69, 9.17) is 9.97 Å². The van der Waals surface area contributed by atoms with Crippen molar-refractivity contribution in [3.63, 3.8) is 0 Å². The third kappa shape index (κ3) is 3.71. The van der Waals surface area contributed by atoms with E-state index >= 15 is 0 Å². The van der Waals surface area contributed by atoms with E-state index in [0.29, 0.717) is 17.5 Å². The van der Waals surface area contributed by atoms with Gasteiger partial charge in [-0.2, -0.15) is 4.98 Å². The van der Waals surface area contributed by atoms with Gasteiger partial charge in [-0.25, -0.2) is 4.98 Å². The second-order valence-electron chi connectivity index (χ2n) is 8.69. The van der Waals surface area contributed by atoms with Crippen LogP contribution in [0.3, 0.4) is 0 Å². The summed E-state index contributed by atoms with van der Waals surface area (Å²) in [6, 6.07) is 8.83. The quantitative estimate of drug-likeness (QED) is 0.735. The van der Waals surface area contributed by atoms with E-state index in [2.05, 4.69) is 41.4 Å². The fourth-order valence-electron chi connectivity index (χ4n) is 4.47. The summed E-state index contributed by atoms with van der Waals surface area (Å²) in [5.41, 5.74) is 3.36. The average molecular weight is 413 g/mol. The number of nitrogens with one attached hydrogen (secondary N) is 1. The standard InChI is InChI=1S/C22H28N4O2S/c1-15-3-2-4-17(13-15)16-5-10-26(11-6-16)21-23-18-7-12-29(28)19(18)20(24-21)25-22(14-27)8-9-22/h2-4,13,16,27H,5-12,14H2,1H3,(H,23,24,25). The Balaban J connectivity index is 1.36. The molecule has 29 heavy (non-hydrogen) atoms. The number of hydrogen-bond acceptors (Lipinski definition) is 6. The van der Waals surface area contributed by atoms with Crippen LogP contribution in [0.4, 0.5) is 11.8 Å². The third-order valence-electron chi connectivity index (χ3n) is 6.51. The number of anilines is 2. The second kappa shape index (κ2) is 7.45. The molecule has 1 unspecified atom stereocenters. The molecular weight excluding hydrogens is 384 g/mol. The highest BCUT2D eigenvalue weighted by Gasteiger charge is 2.45. The van der Waals surface area contributed by atoms with Crippen molar-refractivity contribution in [1.82, 2.24) is 9.97 Å². The zero-order valence-electron chi connectivity index (χ0n) is 16.9. The van der Waals surface area contributed by atoms with Crippen molar-refractivity contribution in [3.05, 3.63) is 41.1 Å². The van der Waals surface area contributed by atoms with Crippen LogP contribution in [0, 0.1) is 6.92 Å². The number of fused-ring (bicyclic) bond motifs is 1. The molecule has 6 nitrogen and oxygen atoms in total. The number of nitrogens with zero attached hydrogens (tertiary/aromatic N) is 3. The van der Waals surface area contributed by atoms with Crippen LogP contribution in [0.5, 0.6) is 0 Å². The summed E-state index contributed by atoms with van der Waals surface area (Å²) in [6.45, 7) is 4.07. The van der Waals surface area contributed by atoms with Crippen molar-refractivity contribution in [2.45, 2.75) is 55.4 Å². The lowest BCUT2D eigenvalue weighted by Crippen LogP contribution is -2.35. The van der Waals surface area contributed by atoms with Gasteiger partial charge >= 0.3 is 0 Å². The number of hydrogen-bond donors (Lipinski definition) is 2. The van der Waals surface area contributed by atoms with Crippen LogP contribution in [-0.2, 0) is 17.6 Å². The SMILES string of the molecule is Cc1cccc(C2CCN(c3nc4c(c(NC5(CO)CC5)n3)[S+]([O-])CC4)CC2)c1. The largest absolute Gasteiger partial charge is 0.611 e. The zero-order valence-corrected chi connectivity index (χ0v) is 17.7. The molecule has 1 saturated heterocycles. The van der Waals surface area contributed by atoms with Gasteiger partial charge in [0.05, 0.1) is 12.1 Å². The summed E-state index contributed by atoms with van der Waals surface area (Å²) < 4.78 is 12.5. The van der Waals surface area contributed by atoms with Gasteiger partial charge in [-0.15, -0.1) is 0 Å². The summed E-state index contributed by atoms with van der Waals surface area (Å²) in [6.07, 6.45) is 4.74. The summed E-state index contributed by atoms with van der Waals surface area (Å²) >= 11 is -1.05. The number of aromatic nitrogens is 2. The number of aryl methyl sites for hydroxylation is 2. The first kappa shape index (κ1) is 19.2. The minimum Gasteiger partial charge on any atom is -0.611 e. The molecule has 1 aromatic carbocycles. The number of benzene rings is 1. The average Bonchev–Trinajstić information content (AvgIpc) is 3.42. The van der Waals surface area contributed by atoms with Crippen molar-refractivity contribution in [2.75, 3.05) is 35.7 Å². The molecule has 1 aliphatic carbocycles. The highest BCUT2D eigenvalue weighted by Crippen LogP contribution is 2.42. The maximum atomic E-state index is 12.5. The van der Waals surface area contributed by atoms with Gasteiger partial charge in [-0.05, 0) is 55.3 Å². The van der Waals surface area contributed by atoms with Crippen molar-refractivity contribution in [1.29, 1.82) is 0 Å². The lowest BCUT2D eigenvalue weighted by Gasteiger charge is -2.33. The number of rotatable bonds is 5. The van der Waals surface area contributed by atoms with Crippen molar-refractivity contribution in [2.24, 2.45) is 0 Å².